The van der Waals surface area contributed by atoms with Gasteiger partial charge in [0, 0.05) is 33.9 Å². The lowest BCUT2D eigenvalue weighted by atomic mass is 9.91. The first-order chi connectivity index (χ1) is 8.84. The van der Waals surface area contributed by atoms with E-state index in [1.807, 2.05) is 42.6 Å². The van der Waals surface area contributed by atoms with Gasteiger partial charge in [-0.15, -0.1) is 0 Å². The van der Waals surface area contributed by atoms with E-state index in [-0.39, 0.29) is 0 Å². The molecule has 0 aliphatic carbocycles. The van der Waals surface area contributed by atoms with Crippen LogP contribution < -0.4 is 5.46 Å². The number of benzene rings is 2. The van der Waals surface area contributed by atoms with Crippen molar-refractivity contribution >= 4 is 46.0 Å². The van der Waals surface area contributed by atoms with Gasteiger partial charge in [-0.05, 0) is 18.2 Å². The Morgan fingerprint density at radius 3 is 2.89 bits per heavy atom. The molecule has 2 aromatic carbocycles. The second kappa shape index (κ2) is 3.36. The van der Waals surface area contributed by atoms with Gasteiger partial charge in [0.25, 0.3) is 0 Å². The normalized spacial score (nSPS) is 11.6. The van der Waals surface area contributed by atoms with Gasteiger partial charge in [-0.2, -0.15) is 0 Å². The minimum Gasteiger partial charge on any atom is -0.455 e. The van der Waals surface area contributed by atoms with Gasteiger partial charge < -0.3 is 4.42 Å². The molecule has 0 saturated carbocycles. The van der Waals surface area contributed by atoms with Crippen molar-refractivity contribution in [2.75, 3.05) is 0 Å². The molecule has 0 N–H and O–H groups in total. The van der Waals surface area contributed by atoms with Crippen LogP contribution in [0, 0.1) is 0 Å². The first-order valence-electron chi connectivity index (χ1n) is 5.78. The molecule has 0 aliphatic rings. The Balaban J connectivity index is 2.34. The van der Waals surface area contributed by atoms with Crippen LogP contribution in [-0.2, 0) is 0 Å². The highest BCUT2D eigenvalue weighted by molar-refractivity contribution is 6.41. The van der Waals surface area contributed by atoms with Gasteiger partial charge in [-0.25, -0.2) is 0 Å². The second-order valence-corrected chi connectivity index (χ2v) is 4.36. The predicted molar refractivity (Wildman–Crippen MR) is 74.4 cm³/mol. The van der Waals surface area contributed by atoms with E-state index in [1.54, 1.807) is 6.20 Å². The molecule has 0 fully saturated rings. The van der Waals surface area contributed by atoms with Crippen LogP contribution in [0.1, 0.15) is 0 Å². The molecule has 18 heavy (non-hydrogen) atoms. The Kier molecular flexibility index (Phi) is 1.81. The number of hydrogen-bond donors (Lipinski definition) is 0. The van der Waals surface area contributed by atoms with Gasteiger partial charge in [-0.1, -0.05) is 23.7 Å². The van der Waals surface area contributed by atoms with E-state index < -0.39 is 0 Å². The van der Waals surface area contributed by atoms with E-state index in [1.165, 1.54) is 0 Å². The van der Waals surface area contributed by atoms with Crippen molar-refractivity contribution in [2.45, 2.75) is 0 Å². The fraction of sp³-hybridized carbons (Fsp3) is 0. The maximum absolute atomic E-state index is 6.04. The van der Waals surface area contributed by atoms with Gasteiger partial charge in [0.15, 0.2) is 0 Å². The number of rotatable bonds is 0. The number of fused-ring (bicyclic) bond motifs is 5. The molecule has 2 aromatic heterocycles. The lowest BCUT2D eigenvalue weighted by Gasteiger charge is -1.97. The number of nitrogens with zero attached hydrogens (tertiary/aromatic N) is 1. The third-order valence-electron chi connectivity index (χ3n) is 3.31. The van der Waals surface area contributed by atoms with Crippen molar-refractivity contribution in [1.82, 2.24) is 4.98 Å². The summed E-state index contributed by atoms with van der Waals surface area (Å²) in [5.74, 6) is 0. The number of pyridine rings is 1. The maximum atomic E-state index is 6.04. The third kappa shape index (κ3) is 1.16. The summed E-state index contributed by atoms with van der Waals surface area (Å²) in [5.41, 5.74) is 2.46. The third-order valence-corrected chi connectivity index (χ3v) is 3.31. The largest absolute Gasteiger partial charge is 0.455 e. The highest BCUT2D eigenvalue weighted by Crippen LogP contribution is 2.32. The summed E-state index contributed by atoms with van der Waals surface area (Å²) in [6.07, 6.45) is 3.61. The van der Waals surface area contributed by atoms with Crippen molar-refractivity contribution in [3.8, 4) is 0 Å². The first kappa shape index (κ1) is 9.72. The molecule has 0 atom stereocenters. The zero-order valence-electron chi connectivity index (χ0n) is 9.55. The van der Waals surface area contributed by atoms with Gasteiger partial charge in [0.05, 0.1) is 0 Å². The number of furan rings is 1. The van der Waals surface area contributed by atoms with Crippen LogP contribution in [0.15, 0.2) is 53.2 Å². The topological polar surface area (TPSA) is 26.0 Å². The van der Waals surface area contributed by atoms with Crippen LogP contribution in [0.25, 0.3) is 32.7 Å². The Morgan fingerprint density at radius 1 is 1.00 bits per heavy atom. The van der Waals surface area contributed by atoms with E-state index in [4.69, 9.17) is 12.3 Å². The summed E-state index contributed by atoms with van der Waals surface area (Å²) in [7, 11) is 6.04. The molecule has 2 nitrogen and oxygen atoms in total. The quantitative estimate of drug-likeness (QED) is 0.433. The number of hydrogen-bond acceptors (Lipinski definition) is 2. The van der Waals surface area contributed by atoms with Gasteiger partial charge >= 0.3 is 0 Å². The average Bonchev–Trinajstić information content (AvgIpc) is 2.79. The van der Waals surface area contributed by atoms with Crippen molar-refractivity contribution in [3.63, 3.8) is 0 Å². The predicted octanol–water partition coefficient (Wildman–Crippen LogP) is 2.93. The molecule has 0 amide bonds. The van der Waals surface area contributed by atoms with Crippen molar-refractivity contribution in [2.24, 2.45) is 0 Å². The average molecular weight is 229 g/mol. The Hall–Kier alpha value is -2.29. The molecule has 2 heterocycles. The van der Waals surface area contributed by atoms with E-state index in [0.717, 1.165) is 38.2 Å². The van der Waals surface area contributed by atoms with Crippen molar-refractivity contribution in [3.05, 3.63) is 48.8 Å². The minimum absolute atomic E-state index is 0.750. The Labute approximate surface area is 105 Å². The molecular formula is C15H8BNO. The highest BCUT2D eigenvalue weighted by Gasteiger charge is 2.10. The fourth-order valence-electron chi connectivity index (χ4n) is 2.48. The zero-order chi connectivity index (χ0) is 12.1. The minimum atomic E-state index is 0.750. The standard InChI is InChI=1S/C15H8BNO/c16-12-2-1-3-13-14(12)11-5-4-9-8-17-7-6-10(9)15(11)18-13/h1-8H. The van der Waals surface area contributed by atoms with Crippen LogP contribution in [0.2, 0.25) is 0 Å². The summed E-state index contributed by atoms with van der Waals surface area (Å²) in [4.78, 5) is 4.12. The van der Waals surface area contributed by atoms with Gasteiger partial charge in [-0.3, -0.25) is 4.98 Å². The molecule has 0 saturated heterocycles. The summed E-state index contributed by atoms with van der Waals surface area (Å²) in [5, 5.41) is 4.19. The van der Waals surface area contributed by atoms with Gasteiger partial charge in [0.1, 0.15) is 19.0 Å². The monoisotopic (exact) mass is 229 g/mol. The van der Waals surface area contributed by atoms with Crippen LogP contribution in [0.3, 0.4) is 0 Å². The van der Waals surface area contributed by atoms with E-state index in [0.29, 0.717) is 0 Å². The molecule has 3 heteroatoms. The molecule has 0 unspecified atom stereocenters. The molecule has 82 valence electrons. The van der Waals surface area contributed by atoms with Crippen LogP contribution in [0.4, 0.5) is 0 Å². The van der Waals surface area contributed by atoms with Crippen LogP contribution >= 0.6 is 0 Å². The van der Waals surface area contributed by atoms with Crippen LogP contribution in [0.5, 0.6) is 0 Å². The first-order valence-corrected chi connectivity index (χ1v) is 5.78. The molecule has 0 aliphatic heterocycles. The van der Waals surface area contributed by atoms with E-state index >= 15 is 0 Å². The van der Waals surface area contributed by atoms with E-state index in [9.17, 15) is 0 Å². The maximum Gasteiger partial charge on any atom is 0.143 e. The Morgan fingerprint density at radius 2 is 1.94 bits per heavy atom. The lowest BCUT2D eigenvalue weighted by Crippen LogP contribution is -2.00. The smallest absolute Gasteiger partial charge is 0.143 e. The number of aromatic nitrogens is 1. The molecule has 4 aromatic rings. The zero-order valence-corrected chi connectivity index (χ0v) is 9.55. The molecule has 0 spiro atoms. The van der Waals surface area contributed by atoms with E-state index in [2.05, 4.69) is 4.98 Å². The lowest BCUT2D eigenvalue weighted by molar-refractivity contribution is 0.673. The second-order valence-electron chi connectivity index (χ2n) is 4.36. The summed E-state index contributed by atoms with van der Waals surface area (Å²) < 4.78 is 5.94. The molecule has 2 radical (unpaired) electrons. The summed E-state index contributed by atoms with van der Waals surface area (Å²) >= 11 is 0. The molecule has 4 rings (SSSR count). The van der Waals surface area contributed by atoms with Crippen LogP contribution in [-0.4, -0.2) is 12.8 Å². The molecule has 0 bridgehead atoms. The highest BCUT2D eigenvalue weighted by atomic mass is 16.3. The SMILES string of the molecule is [B]c1cccc2oc3c4ccncc4ccc3c12. The summed E-state index contributed by atoms with van der Waals surface area (Å²) in [6, 6.07) is 11.8. The van der Waals surface area contributed by atoms with Crippen molar-refractivity contribution < 1.29 is 4.42 Å². The molecular weight excluding hydrogens is 221 g/mol. The summed E-state index contributed by atoms with van der Waals surface area (Å²) in [6.45, 7) is 0. The Bertz CT molecular complexity index is 895. The fourth-order valence-corrected chi connectivity index (χ4v) is 2.48. The van der Waals surface area contributed by atoms with Crippen molar-refractivity contribution in [1.29, 1.82) is 0 Å². The van der Waals surface area contributed by atoms with Gasteiger partial charge in [0.2, 0.25) is 0 Å².